The molecule has 1 N–H and O–H groups in total. The zero-order valence-electron chi connectivity index (χ0n) is 36.2. The van der Waals surface area contributed by atoms with Gasteiger partial charge in [-0.2, -0.15) is 0 Å². The molecule has 0 aromatic carbocycles. The fraction of sp³-hybridized carbons (Fsp3) is 0.895. The van der Waals surface area contributed by atoms with Gasteiger partial charge in [-0.05, 0) is 72.5 Å². The van der Waals surface area contributed by atoms with E-state index in [1.54, 1.807) is 0 Å². The molecule has 0 saturated carbocycles. The average molecular weight is 771 g/mol. The molecule has 6 nitrogen and oxygen atoms in total. The molecule has 11 heteroatoms. The molecule has 1 saturated heterocycles. The van der Waals surface area contributed by atoms with Crippen LogP contribution in [0.5, 0.6) is 0 Å². The lowest BCUT2D eigenvalue weighted by Gasteiger charge is -2.46. The Morgan fingerprint density at radius 2 is 1.08 bits per heavy atom. The average Bonchev–Trinajstić information content (AvgIpc) is 3.14. The van der Waals surface area contributed by atoms with E-state index in [4.69, 9.17) is 28.9 Å². The van der Waals surface area contributed by atoms with Crippen molar-refractivity contribution in [2.45, 2.75) is 211 Å². The Morgan fingerprint density at radius 1 is 0.673 bits per heavy atom. The van der Waals surface area contributed by atoms with Gasteiger partial charge in [0.05, 0.1) is 12.7 Å². The van der Waals surface area contributed by atoms with E-state index < -0.39 is 77.5 Å². The SMILES string of the molecule is C#C[C@@]1(C(O)C#C[Si](C)(C)C)O[C@@H]([C@@H](CO[Si](C)(C)C(C)(C)C)O[Si](C)(C)C(C)(C)C)[C@H](O[Si](C)(C)C(C)(C)C)[C@H]1O[Si](C)(C)C(C)(C)C. The lowest BCUT2D eigenvalue weighted by Crippen LogP contribution is -2.60. The minimum atomic E-state index is -2.51. The van der Waals surface area contributed by atoms with Crippen LogP contribution < -0.4 is 0 Å². The van der Waals surface area contributed by atoms with Crippen molar-refractivity contribution in [2.24, 2.45) is 0 Å². The predicted octanol–water partition coefficient (Wildman–Crippen LogP) is 10.2. The molecular formula is C38H78O6Si5. The van der Waals surface area contributed by atoms with Crippen molar-refractivity contribution in [1.82, 2.24) is 0 Å². The van der Waals surface area contributed by atoms with Crippen molar-refractivity contribution in [3.8, 4) is 23.8 Å². The molecule has 286 valence electrons. The summed E-state index contributed by atoms with van der Waals surface area (Å²) in [6.45, 7) is 51.6. The van der Waals surface area contributed by atoms with Crippen LogP contribution in [0, 0.1) is 23.8 Å². The topological polar surface area (TPSA) is 66.4 Å². The molecule has 6 atom stereocenters. The van der Waals surface area contributed by atoms with Crippen LogP contribution in [0.2, 0.25) is 92.2 Å². The first-order chi connectivity index (χ1) is 21.3. The number of rotatable bonds is 11. The smallest absolute Gasteiger partial charge is 0.192 e. The van der Waals surface area contributed by atoms with Gasteiger partial charge in [-0.3, -0.25) is 0 Å². The van der Waals surface area contributed by atoms with Crippen LogP contribution in [-0.2, 0) is 22.4 Å². The molecule has 0 radical (unpaired) electrons. The third-order valence-corrected chi connectivity index (χ3v) is 30.9. The molecule has 0 amide bonds. The Labute approximate surface area is 309 Å². The van der Waals surface area contributed by atoms with E-state index in [0.717, 1.165) is 0 Å². The summed E-state index contributed by atoms with van der Waals surface area (Å²) in [6.07, 6.45) is 2.68. The van der Waals surface area contributed by atoms with Gasteiger partial charge in [-0.25, -0.2) is 0 Å². The lowest BCUT2D eigenvalue weighted by molar-refractivity contribution is -0.120. The number of ether oxygens (including phenoxy) is 1. The second-order valence-corrected chi connectivity index (χ2v) is 45.4. The van der Waals surface area contributed by atoms with Gasteiger partial charge < -0.3 is 27.5 Å². The number of aliphatic hydroxyl groups excluding tert-OH is 1. The van der Waals surface area contributed by atoms with Crippen molar-refractivity contribution in [3.05, 3.63) is 0 Å². The van der Waals surface area contributed by atoms with Crippen molar-refractivity contribution in [1.29, 1.82) is 0 Å². The van der Waals surface area contributed by atoms with Crippen LogP contribution in [0.4, 0.5) is 0 Å². The summed E-state index contributed by atoms with van der Waals surface area (Å²) < 4.78 is 36.3. The van der Waals surface area contributed by atoms with Crippen molar-refractivity contribution >= 4 is 41.3 Å². The van der Waals surface area contributed by atoms with E-state index in [1.807, 2.05) is 0 Å². The first-order valence-corrected chi connectivity index (χ1v) is 33.5. The van der Waals surface area contributed by atoms with Crippen LogP contribution in [0.25, 0.3) is 0 Å². The Bertz CT molecular complexity index is 1230. The molecule has 1 heterocycles. The lowest BCUT2D eigenvalue weighted by atomic mass is 9.89. The van der Waals surface area contributed by atoms with E-state index in [0.29, 0.717) is 6.61 Å². The second-order valence-electron chi connectivity index (χ2n) is 21.6. The summed E-state index contributed by atoms with van der Waals surface area (Å²) in [6, 6.07) is 0. The Morgan fingerprint density at radius 3 is 1.45 bits per heavy atom. The molecular weight excluding hydrogens is 693 g/mol. The standard InChI is InChI=1S/C38H78O6Si5/c1-25-38(30(39)26-27-45(14,15)16)33(44-49(23,24)37(11,12)13)32(43-48(21,22)36(8,9)10)31(41-38)29(42-47(19,20)35(5,6)7)28-40-46(17,18)34(2,3)4/h1,29-33,39H,28H2,2-24H3/t29-,30?,31+,32+,33-,38+/m1/s1. The summed E-state index contributed by atoms with van der Waals surface area (Å²) in [5, 5.41) is 11.8. The summed E-state index contributed by atoms with van der Waals surface area (Å²) in [7, 11) is -11.4. The molecule has 0 bridgehead atoms. The maximum Gasteiger partial charge on any atom is 0.192 e. The number of hydrogen-bond acceptors (Lipinski definition) is 6. The molecule has 0 aromatic rings. The predicted molar refractivity (Wildman–Crippen MR) is 223 cm³/mol. The van der Waals surface area contributed by atoms with E-state index in [2.05, 4.69) is 172 Å². The van der Waals surface area contributed by atoms with Gasteiger partial charge in [-0.1, -0.05) is 115 Å². The van der Waals surface area contributed by atoms with Crippen LogP contribution in [0.15, 0.2) is 0 Å². The fourth-order valence-corrected chi connectivity index (χ4v) is 9.91. The maximum absolute atomic E-state index is 12.2. The molecule has 1 unspecified atom stereocenters. The van der Waals surface area contributed by atoms with Crippen molar-refractivity contribution < 1.29 is 27.5 Å². The van der Waals surface area contributed by atoms with E-state index in [1.165, 1.54) is 0 Å². The van der Waals surface area contributed by atoms with Gasteiger partial charge in [0, 0.05) is 0 Å². The fourth-order valence-electron chi connectivity index (χ4n) is 4.42. The highest BCUT2D eigenvalue weighted by Crippen LogP contribution is 2.49. The van der Waals surface area contributed by atoms with Gasteiger partial charge >= 0.3 is 0 Å². The highest BCUT2D eigenvalue weighted by molar-refractivity contribution is 6.83. The van der Waals surface area contributed by atoms with Crippen LogP contribution in [0.3, 0.4) is 0 Å². The molecule has 0 spiro atoms. The molecule has 1 aliphatic rings. The van der Waals surface area contributed by atoms with Gasteiger partial charge in [0.15, 0.2) is 45.0 Å². The highest BCUT2D eigenvalue weighted by atomic mass is 28.4. The monoisotopic (exact) mass is 770 g/mol. The quantitative estimate of drug-likeness (QED) is 0.167. The highest BCUT2D eigenvalue weighted by Gasteiger charge is 2.65. The van der Waals surface area contributed by atoms with Gasteiger partial charge in [0.25, 0.3) is 0 Å². The number of hydrogen-bond donors (Lipinski definition) is 1. The Hall–Kier alpha value is -0.0356. The first kappa shape index (κ1) is 47.0. The molecule has 0 aliphatic carbocycles. The second kappa shape index (κ2) is 15.0. The Balaban J connectivity index is 4.27. The minimum Gasteiger partial charge on any atom is -0.414 e. The normalized spacial score (nSPS) is 25.0. The summed E-state index contributed by atoms with van der Waals surface area (Å²) >= 11 is 0. The first-order valence-electron chi connectivity index (χ1n) is 18.3. The van der Waals surface area contributed by atoms with E-state index in [-0.39, 0.29) is 20.2 Å². The van der Waals surface area contributed by atoms with E-state index in [9.17, 15) is 5.11 Å². The zero-order chi connectivity index (χ0) is 39.3. The van der Waals surface area contributed by atoms with Crippen molar-refractivity contribution in [2.75, 3.05) is 6.61 Å². The number of terminal acetylenes is 1. The molecule has 1 rings (SSSR count). The molecule has 0 aromatic heterocycles. The Kier molecular flexibility index (Phi) is 14.4. The molecule has 1 aliphatic heterocycles. The number of aliphatic hydroxyl groups is 1. The molecule has 49 heavy (non-hydrogen) atoms. The van der Waals surface area contributed by atoms with Crippen LogP contribution >= 0.6 is 0 Å². The summed E-state index contributed by atoms with van der Waals surface area (Å²) in [4.78, 5) is 0. The van der Waals surface area contributed by atoms with Crippen LogP contribution in [0.1, 0.15) is 83.1 Å². The largest absolute Gasteiger partial charge is 0.414 e. The van der Waals surface area contributed by atoms with Gasteiger partial charge in [-0.15, -0.1) is 12.0 Å². The van der Waals surface area contributed by atoms with E-state index >= 15 is 0 Å². The van der Waals surface area contributed by atoms with Crippen LogP contribution in [-0.4, -0.2) is 89.2 Å². The zero-order valence-corrected chi connectivity index (χ0v) is 41.2. The third-order valence-electron chi connectivity index (χ3n) is 12.1. The third kappa shape index (κ3) is 11.2. The molecule has 1 fully saturated rings. The van der Waals surface area contributed by atoms with Gasteiger partial charge in [0.1, 0.15) is 26.4 Å². The maximum atomic E-state index is 12.2. The minimum absolute atomic E-state index is 0.00127. The summed E-state index contributed by atoms with van der Waals surface area (Å²) in [5.74, 6) is 6.13. The van der Waals surface area contributed by atoms with Crippen molar-refractivity contribution in [3.63, 3.8) is 0 Å². The summed E-state index contributed by atoms with van der Waals surface area (Å²) in [5.41, 5.74) is 1.79. The van der Waals surface area contributed by atoms with Gasteiger partial charge in [0.2, 0.25) is 0 Å².